The van der Waals surface area contributed by atoms with Crippen LogP contribution in [0.2, 0.25) is 0 Å². The van der Waals surface area contributed by atoms with Crippen molar-refractivity contribution in [2.24, 2.45) is 0 Å². The first kappa shape index (κ1) is 11.4. The number of nitrogens with zero attached hydrogens (tertiary/aromatic N) is 1. The van der Waals surface area contributed by atoms with Crippen LogP contribution in [0.1, 0.15) is 38.2 Å². The van der Waals surface area contributed by atoms with Gasteiger partial charge in [-0.15, -0.1) is 0 Å². The molecule has 0 fully saturated rings. The van der Waals surface area contributed by atoms with Gasteiger partial charge in [0, 0.05) is 0 Å². The van der Waals surface area contributed by atoms with Gasteiger partial charge in [0.1, 0.15) is 0 Å². The average Bonchev–Trinajstić information content (AvgIpc) is 2.64. The van der Waals surface area contributed by atoms with Crippen molar-refractivity contribution in [3.63, 3.8) is 0 Å². The monoisotopic (exact) mass is 234 g/mol. The maximum atomic E-state index is 5.69. The molecule has 0 saturated carbocycles. The molecule has 3 heteroatoms. The van der Waals surface area contributed by atoms with Gasteiger partial charge in [0.2, 0.25) is 0 Å². The number of aryl methyl sites for hydroxylation is 1. The predicted molar refractivity (Wildman–Crippen MR) is 71.9 cm³/mol. The number of hydrogen-bond acceptors (Lipinski definition) is 3. The second-order valence-electron chi connectivity index (χ2n) is 4.16. The predicted octanol–water partition coefficient (Wildman–Crippen LogP) is 4.00. The first-order valence-corrected chi connectivity index (χ1v) is 6.76. The first-order chi connectivity index (χ1) is 7.79. The Kier molecular flexibility index (Phi) is 3.78. The molecule has 2 aromatic rings. The largest absolute Gasteiger partial charge is 0.375 e. The van der Waals surface area contributed by atoms with E-state index in [1.165, 1.54) is 42.4 Å². The fraction of sp³-hybridized carbons (Fsp3) is 0.462. The van der Waals surface area contributed by atoms with E-state index in [2.05, 4.69) is 30.1 Å². The third-order valence-electron chi connectivity index (χ3n) is 2.79. The van der Waals surface area contributed by atoms with Crippen LogP contribution in [0.25, 0.3) is 10.2 Å². The summed E-state index contributed by atoms with van der Waals surface area (Å²) in [6, 6.07) is 6.49. The maximum absolute atomic E-state index is 5.69. The molecule has 0 aliphatic carbocycles. The van der Waals surface area contributed by atoms with Gasteiger partial charge in [-0.2, -0.15) is 0 Å². The van der Waals surface area contributed by atoms with Gasteiger partial charge in [0.15, 0.2) is 5.13 Å². The molecule has 0 unspecified atom stereocenters. The van der Waals surface area contributed by atoms with Crippen molar-refractivity contribution in [3.05, 3.63) is 23.8 Å². The minimum atomic E-state index is 0.665. The molecule has 2 nitrogen and oxygen atoms in total. The van der Waals surface area contributed by atoms with Crippen LogP contribution in [0.3, 0.4) is 0 Å². The highest BCUT2D eigenvalue weighted by atomic mass is 32.1. The van der Waals surface area contributed by atoms with E-state index < -0.39 is 0 Å². The highest BCUT2D eigenvalue weighted by Gasteiger charge is 2.01. The Hall–Kier alpha value is -1.09. The number of nitrogens with two attached hydrogens (primary N) is 1. The molecule has 2 rings (SSSR count). The molecule has 0 saturated heterocycles. The van der Waals surface area contributed by atoms with Crippen molar-refractivity contribution in [2.75, 3.05) is 5.73 Å². The number of thiazole rings is 1. The summed E-state index contributed by atoms with van der Waals surface area (Å²) < 4.78 is 1.21. The molecule has 1 aromatic carbocycles. The lowest BCUT2D eigenvalue weighted by Crippen LogP contribution is -1.85. The molecular weight excluding hydrogens is 216 g/mol. The van der Waals surface area contributed by atoms with E-state index in [1.807, 2.05) is 0 Å². The zero-order valence-electron chi connectivity index (χ0n) is 9.70. The Morgan fingerprint density at radius 1 is 1.25 bits per heavy atom. The Morgan fingerprint density at radius 3 is 2.94 bits per heavy atom. The second-order valence-corrected chi connectivity index (χ2v) is 5.23. The molecule has 1 heterocycles. The molecule has 0 aliphatic heterocycles. The Balaban J connectivity index is 2.02. The van der Waals surface area contributed by atoms with Gasteiger partial charge in [-0.1, -0.05) is 43.6 Å². The summed E-state index contributed by atoms with van der Waals surface area (Å²) in [5.41, 5.74) is 8.12. The normalized spacial score (nSPS) is 11.1. The van der Waals surface area contributed by atoms with Crippen LogP contribution in [0.4, 0.5) is 5.13 Å². The van der Waals surface area contributed by atoms with Crippen LogP contribution < -0.4 is 5.73 Å². The highest BCUT2D eigenvalue weighted by molar-refractivity contribution is 7.22. The van der Waals surface area contributed by atoms with Crippen LogP contribution in [0.5, 0.6) is 0 Å². The lowest BCUT2D eigenvalue weighted by atomic mass is 10.1. The van der Waals surface area contributed by atoms with Crippen LogP contribution in [0.15, 0.2) is 18.2 Å². The number of anilines is 1. The number of aromatic nitrogens is 1. The van der Waals surface area contributed by atoms with Crippen LogP contribution >= 0.6 is 11.3 Å². The summed E-state index contributed by atoms with van der Waals surface area (Å²) in [6.07, 6.45) is 6.43. The minimum absolute atomic E-state index is 0.665. The second kappa shape index (κ2) is 5.30. The van der Waals surface area contributed by atoms with E-state index in [1.54, 1.807) is 11.3 Å². The molecular formula is C13H18N2S. The van der Waals surface area contributed by atoms with Crippen LogP contribution in [0, 0.1) is 0 Å². The van der Waals surface area contributed by atoms with Crippen LogP contribution in [-0.2, 0) is 6.42 Å². The molecule has 0 aliphatic rings. The van der Waals surface area contributed by atoms with E-state index in [9.17, 15) is 0 Å². The van der Waals surface area contributed by atoms with Crippen molar-refractivity contribution >= 4 is 26.7 Å². The Bertz CT molecular complexity index is 462. The fourth-order valence-corrected chi connectivity index (χ4v) is 2.70. The van der Waals surface area contributed by atoms with Crippen molar-refractivity contribution < 1.29 is 0 Å². The number of fused-ring (bicyclic) bond motifs is 1. The van der Waals surface area contributed by atoms with E-state index in [4.69, 9.17) is 5.73 Å². The lowest BCUT2D eigenvalue weighted by molar-refractivity contribution is 0.667. The molecule has 86 valence electrons. The zero-order chi connectivity index (χ0) is 11.4. The molecule has 0 bridgehead atoms. The highest BCUT2D eigenvalue weighted by Crippen LogP contribution is 2.25. The van der Waals surface area contributed by atoms with Gasteiger partial charge >= 0.3 is 0 Å². The Morgan fingerprint density at radius 2 is 2.12 bits per heavy atom. The van der Waals surface area contributed by atoms with Gasteiger partial charge in [-0.3, -0.25) is 0 Å². The summed E-state index contributed by atoms with van der Waals surface area (Å²) in [5, 5.41) is 0.665. The van der Waals surface area contributed by atoms with E-state index in [0.717, 1.165) is 5.52 Å². The summed E-state index contributed by atoms with van der Waals surface area (Å²) in [6.45, 7) is 2.24. The number of nitrogen functional groups attached to an aromatic ring is 1. The summed E-state index contributed by atoms with van der Waals surface area (Å²) in [5.74, 6) is 0. The molecule has 0 amide bonds. The van der Waals surface area contributed by atoms with Crippen molar-refractivity contribution in [2.45, 2.75) is 39.0 Å². The molecule has 0 radical (unpaired) electrons. The number of benzene rings is 1. The first-order valence-electron chi connectivity index (χ1n) is 5.94. The molecule has 2 N–H and O–H groups in total. The number of unbranched alkanes of at least 4 members (excludes halogenated alkanes) is 3. The zero-order valence-corrected chi connectivity index (χ0v) is 10.5. The standard InChI is InChI=1S/C13H18N2S/c1-2-3-4-5-6-10-7-8-11-12(9-10)16-13(14)15-11/h7-9H,2-6H2,1H3,(H2,14,15). The minimum Gasteiger partial charge on any atom is -0.375 e. The van der Waals surface area contributed by atoms with Gasteiger partial charge < -0.3 is 5.73 Å². The summed E-state index contributed by atoms with van der Waals surface area (Å²) in [4.78, 5) is 4.26. The molecule has 1 aromatic heterocycles. The van der Waals surface area contributed by atoms with Crippen LogP contribution in [-0.4, -0.2) is 4.98 Å². The number of hydrogen-bond donors (Lipinski definition) is 1. The molecule has 0 spiro atoms. The third kappa shape index (κ3) is 2.73. The van der Waals surface area contributed by atoms with Crippen molar-refractivity contribution in [1.29, 1.82) is 0 Å². The smallest absolute Gasteiger partial charge is 0.181 e. The van der Waals surface area contributed by atoms with E-state index >= 15 is 0 Å². The van der Waals surface area contributed by atoms with Gasteiger partial charge in [0.05, 0.1) is 10.2 Å². The van der Waals surface area contributed by atoms with E-state index in [-0.39, 0.29) is 0 Å². The summed E-state index contributed by atoms with van der Waals surface area (Å²) >= 11 is 1.58. The van der Waals surface area contributed by atoms with Gasteiger partial charge in [-0.05, 0) is 30.5 Å². The number of rotatable bonds is 5. The lowest BCUT2D eigenvalue weighted by Gasteiger charge is -2.00. The fourth-order valence-electron chi connectivity index (χ4n) is 1.90. The van der Waals surface area contributed by atoms with Gasteiger partial charge in [0.25, 0.3) is 0 Å². The van der Waals surface area contributed by atoms with Crippen molar-refractivity contribution in [3.8, 4) is 0 Å². The quantitative estimate of drug-likeness (QED) is 0.794. The maximum Gasteiger partial charge on any atom is 0.181 e. The molecule has 16 heavy (non-hydrogen) atoms. The van der Waals surface area contributed by atoms with Gasteiger partial charge in [-0.25, -0.2) is 4.98 Å². The average molecular weight is 234 g/mol. The summed E-state index contributed by atoms with van der Waals surface area (Å²) in [7, 11) is 0. The third-order valence-corrected chi connectivity index (χ3v) is 3.64. The van der Waals surface area contributed by atoms with Crippen molar-refractivity contribution in [1.82, 2.24) is 4.98 Å². The topological polar surface area (TPSA) is 38.9 Å². The van der Waals surface area contributed by atoms with E-state index in [0.29, 0.717) is 5.13 Å². The Labute approximate surface area is 101 Å². The molecule has 0 atom stereocenters. The SMILES string of the molecule is CCCCCCc1ccc2nc(N)sc2c1.